The van der Waals surface area contributed by atoms with Crippen molar-refractivity contribution >= 4 is 5.91 Å². The predicted molar refractivity (Wildman–Crippen MR) is 124 cm³/mol. The van der Waals surface area contributed by atoms with Gasteiger partial charge in [-0.1, -0.05) is 24.3 Å². The van der Waals surface area contributed by atoms with E-state index in [9.17, 15) is 9.59 Å². The number of ether oxygens (including phenoxy) is 1. The molecule has 2 saturated heterocycles. The lowest BCUT2D eigenvalue weighted by atomic mass is 9.94. The minimum Gasteiger partial charge on any atom is -0.376 e. The number of piperidine rings is 1. The maximum Gasteiger partial charge on any atom is 0.255 e. The molecule has 3 heterocycles. The van der Waals surface area contributed by atoms with Crippen LogP contribution in [0, 0.1) is 5.92 Å². The number of aromatic nitrogens is 1. The molecule has 1 amide bonds. The number of hydrogen-bond acceptors (Lipinski definition) is 4. The average molecular weight is 436 g/mol. The molecule has 1 atom stereocenters. The number of carbonyl (C=O) groups is 1. The Hall–Kier alpha value is -2.44. The van der Waals surface area contributed by atoms with Gasteiger partial charge in [0.2, 0.25) is 5.56 Å². The van der Waals surface area contributed by atoms with Crippen molar-refractivity contribution in [3.05, 3.63) is 69.6 Å². The summed E-state index contributed by atoms with van der Waals surface area (Å²) in [6, 6.07) is 12.5. The van der Waals surface area contributed by atoms with Gasteiger partial charge in [0.1, 0.15) is 0 Å². The number of carbonyl (C=O) groups excluding carboxylic acids is 1. The third-order valence-corrected chi connectivity index (χ3v) is 7.44. The lowest BCUT2D eigenvalue weighted by Gasteiger charge is -2.38. The van der Waals surface area contributed by atoms with E-state index >= 15 is 0 Å². The smallest absolute Gasteiger partial charge is 0.255 e. The molecule has 0 spiro atoms. The first-order valence-electron chi connectivity index (χ1n) is 12.1. The van der Waals surface area contributed by atoms with Crippen LogP contribution in [0.2, 0.25) is 0 Å². The van der Waals surface area contributed by atoms with Crippen molar-refractivity contribution in [1.82, 2.24) is 14.8 Å². The molecule has 0 bridgehead atoms. The molecule has 0 unspecified atom stereocenters. The molecule has 0 saturated carbocycles. The number of rotatable bonds is 6. The number of likely N-dealkylation sites (tertiary alicyclic amines) is 1. The zero-order valence-corrected chi connectivity index (χ0v) is 18.7. The molecule has 1 N–H and O–H groups in total. The first kappa shape index (κ1) is 21.4. The Morgan fingerprint density at radius 3 is 2.41 bits per heavy atom. The maximum atomic E-state index is 13.3. The maximum absolute atomic E-state index is 13.3. The van der Waals surface area contributed by atoms with Gasteiger partial charge in [-0.3, -0.25) is 14.5 Å². The number of H-pyrrole nitrogens is 1. The fourth-order valence-electron chi connectivity index (χ4n) is 5.61. The lowest BCUT2D eigenvalue weighted by molar-refractivity contribution is 0.0429. The van der Waals surface area contributed by atoms with Crippen LogP contribution in [0.5, 0.6) is 0 Å². The minimum atomic E-state index is -0.186. The van der Waals surface area contributed by atoms with Gasteiger partial charge in [0.25, 0.3) is 5.91 Å². The Morgan fingerprint density at radius 2 is 1.78 bits per heavy atom. The summed E-state index contributed by atoms with van der Waals surface area (Å²) < 4.78 is 5.83. The Labute approximate surface area is 189 Å². The Morgan fingerprint density at radius 1 is 1.03 bits per heavy atom. The van der Waals surface area contributed by atoms with E-state index in [2.05, 4.69) is 34.1 Å². The summed E-state index contributed by atoms with van der Waals surface area (Å²) in [5, 5.41) is 0. The van der Waals surface area contributed by atoms with E-state index in [1.54, 1.807) is 6.07 Å². The zero-order chi connectivity index (χ0) is 21.9. The second kappa shape index (κ2) is 9.59. The number of hydrogen-bond donors (Lipinski definition) is 1. The molecule has 3 aliphatic rings. The normalized spacial score (nSPS) is 22.2. The number of fused-ring (bicyclic) bond motifs is 1. The van der Waals surface area contributed by atoms with Crippen LogP contribution < -0.4 is 5.56 Å². The van der Waals surface area contributed by atoms with Crippen LogP contribution >= 0.6 is 0 Å². The number of aromatic amines is 1. The largest absolute Gasteiger partial charge is 0.376 e. The third-order valence-electron chi connectivity index (χ3n) is 7.44. The molecule has 0 radical (unpaired) electrons. The molecule has 1 aromatic carbocycles. The van der Waals surface area contributed by atoms with Gasteiger partial charge in [-0.25, -0.2) is 0 Å². The molecule has 5 rings (SSSR count). The lowest BCUT2D eigenvalue weighted by Crippen LogP contribution is -2.46. The quantitative estimate of drug-likeness (QED) is 0.758. The Kier molecular flexibility index (Phi) is 6.42. The van der Waals surface area contributed by atoms with Crippen molar-refractivity contribution in [3.63, 3.8) is 0 Å². The van der Waals surface area contributed by atoms with Crippen molar-refractivity contribution in [2.45, 2.75) is 50.7 Å². The van der Waals surface area contributed by atoms with Gasteiger partial charge in [0, 0.05) is 38.0 Å². The third kappa shape index (κ3) is 4.81. The Balaban J connectivity index is 1.20. The number of benzene rings is 1. The first-order chi connectivity index (χ1) is 15.7. The van der Waals surface area contributed by atoms with Crippen LogP contribution in [0.4, 0.5) is 0 Å². The molecule has 6 heteroatoms. The van der Waals surface area contributed by atoms with Crippen LogP contribution in [0.25, 0.3) is 0 Å². The molecule has 2 aromatic rings. The van der Waals surface area contributed by atoms with Gasteiger partial charge in [-0.15, -0.1) is 0 Å². The molecule has 1 aromatic heterocycles. The second-order valence-electron chi connectivity index (χ2n) is 9.60. The average Bonchev–Trinajstić information content (AvgIpc) is 3.49. The number of nitrogens with zero attached hydrogens (tertiary/aromatic N) is 2. The summed E-state index contributed by atoms with van der Waals surface area (Å²) in [4.78, 5) is 31.9. The number of nitrogens with one attached hydrogen (secondary N) is 1. The number of amides is 1. The molecular weight excluding hydrogens is 402 g/mol. The van der Waals surface area contributed by atoms with E-state index < -0.39 is 0 Å². The highest BCUT2D eigenvalue weighted by molar-refractivity contribution is 5.93. The van der Waals surface area contributed by atoms with Gasteiger partial charge in [0.15, 0.2) is 0 Å². The molecule has 2 fully saturated rings. The predicted octanol–water partition coefficient (Wildman–Crippen LogP) is 2.88. The van der Waals surface area contributed by atoms with Crippen LogP contribution in [-0.4, -0.2) is 65.6 Å². The van der Waals surface area contributed by atoms with Crippen LogP contribution in [0.15, 0.2) is 47.4 Å². The van der Waals surface area contributed by atoms with Gasteiger partial charge >= 0.3 is 0 Å². The summed E-state index contributed by atoms with van der Waals surface area (Å²) in [5.41, 5.74) is 3.38. The van der Waals surface area contributed by atoms with Crippen LogP contribution in [-0.2, 0) is 17.6 Å². The summed E-state index contributed by atoms with van der Waals surface area (Å²) in [7, 11) is 0. The molecular formula is C26H33N3O3. The SMILES string of the molecule is O=C(c1ccc(=O)[nH]c1)N(CC1CCN(C2Cc3ccccc3C2)CC1)C[C@H]1CCCO1. The topological polar surface area (TPSA) is 65.6 Å². The summed E-state index contributed by atoms with van der Waals surface area (Å²) in [6.07, 6.45) is 8.30. The summed E-state index contributed by atoms with van der Waals surface area (Å²) >= 11 is 0. The molecule has 2 aliphatic heterocycles. The fraction of sp³-hybridized carbons (Fsp3) is 0.538. The fourth-order valence-corrected chi connectivity index (χ4v) is 5.61. The van der Waals surface area contributed by atoms with E-state index in [0.717, 1.165) is 64.8 Å². The van der Waals surface area contributed by atoms with E-state index in [-0.39, 0.29) is 17.6 Å². The molecule has 6 nitrogen and oxygen atoms in total. The van der Waals surface area contributed by atoms with E-state index in [4.69, 9.17) is 4.74 Å². The minimum absolute atomic E-state index is 0.00887. The first-order valence-corrected chi connectivity index (χ1v) is 12.1. The molecule has 32 heavy (non-hydrogen) atoms. The van der Waals surface area contributed by atoms with Crippen LogP contribution in [0.1, 0.15) is 47.2 Å². The van der Waals surface area contributed by atoms with Crippen molar-refractivity contribution in [2.24, 2.45) is 5.92 Å². The standard InChI is InChI=1S/C26H33N3O3/c30-25-8-7-22(16-27-25)26(31)29(18-24-6-3-13-32-24)17-19-9-11-28(12-10-19)23-14-20-4-1-2-5-21(20)15-23/h1-2,4-5,7-8,16,19,23-24H,3,6,9-15,17-18H2,(H,27,30)/t24-/m1/s1. The highest BCUT2D eigenvalue weighted by Gasteiger charge is 2.32. The van der Waals surface area contributed by atoms with Gasteiger partial charge in [-0.05, 0) is 74.7 Å². The molecule has 1 aliphatic carbocycles. The Bertz CT molecular complexity index is 944. The van der Waals surface area contributed by atoms with Crippen molar-refractivity contribution in [1.29, 1.82) is 0 Å². The van der Waals surface area contributed by atoms with Crippen molar-refractivity contribution < 1.29 is 9.53 Å². The number of pyridine rings is 1. The highest BCUT2D eigenvalue weighted by atomic mass is 16.5. The monoisotopic (exact) mass is 435 g/mol. The van der Waals surface area contributed by atoms with E-state index in [1.807, 2.05) is 4.90 Å². The zero-order valence-electron chi connectivity index (χ0n) is 18.7. The van der Waals surface area contributed by atoms with E-state index in [0.29, 0.717) is 24.1 Å². The van der Waals surface area contributed by atoms with Gasteiger partial charge in [0.05, 0.1) is 11.7 Å². The highest BCUT2D eigenvalue weighted by Crippen LogP contribution is 2.29. The molecule has 170 valence electrons. The van der Waals surface area contributed by atoms with Crippen molar-refractivity contribution in [3.8, 4) is 0 Å². The van der Waals surface area contributed by atoms with Crippen LogP contribution in [0.3, 0.4) is 0 Å². The summed E-state index contributed by atoms with van der Waals surface area (Å²) in [5.74, 6) is 0.494. The van der Waals surface area contributed by atoms with E-state index in [1.165, 1.54) is 23.4 Å². The van der Waals surface area contributed by atoms with Gasteiger partial charge in [-0.2, -0.15) is 0 Å². The second-order valence-corrected chi connectivity index (χ2v) is 9.60. The summed E-state index contributed by atoms with van der Waals surface area (Å²) in [6.45, 7) is 4.38. The van der Waals surface area contributed by atoms with Gasteiger partial charge < -0.3 is 14.6 Å². The van der Waals surface area contributed by atoms with Crippen molar-refractivity contribution in [2.75, 3.05) is 32.8 Å².